The van der Waals surface area contributed by atoms with Crippen LogP contribution in [0.3, 0.4) is 0 Å². The maximum Gasteiger partial charge on any atom is 0.194 e. The first-order chi connectivity index (χ1) is 12.6. The van der Waals surface area contributed by atoms with E-state index in [1.807, 2.05) is 6.07 Å². The van der Waals surface area contributed by atoms with E-state index in [2.05, 4.69) is 53.0 Å². The van der Waals surface area contributed by atoms with Crippen LogP contribution in [0.15, 0.2) is 23.2 Å². The topological polar surface area (TPSA) is 34.1 Å². The van der Waals surface area contributed by atoms with Crippen molar-refractivity contribution in [3.63, 3.8) is 0 Å². The summed E-state index contributed by atoms with van der Waals surface area (Å²) in [7, 11) is 2.20. The van der Waals surface area contributed by atoms with E-state index in [4.69, 9.17) is 16.6 Å². The van der Waals surface area contributed by atoms with Crippen LogP contribution in [-0.4, -0.2) is 75.2 Å². The fourth-order valence-corrected chi connectivity index (χ4v) is 4.07. The molecule has 0 spiro atoms. The second-order valence-electron chi connectivity index (χ2n) is 7.52. The van der Waals surface area contributed by atoms with E-state index < -0.39 is 0 Å². The van der Waals surface area contributed by atoms with Crippen molar-refractivity contribution in [3.8, 4) is 0 Å². The number of piperazine rings is 1. The van der Waals surface area contributed by atoms with Crippen molar-refractivity contribution < 1.29 is 0 Å². The van der Waals surface area contributed by atoms with Crippen LogP contribution in [-0.2, 0) is 0 Å². The van der Waals surface area contributed by atoms with Gasteiger partial charge in [0.25, 0.3) is 0 Å². The summed E-state index contributed by atoms with van der Waals surface area (Å²) in [6.07, 6.45) is 1.27. The maximum absolute atomic E-state index is 6.20. The lowest BCUT2D eigenvalue weighted by atomic mass is 10.1. The number of anilines is 1. The molecule has 1 unspecified atom stereocenters. The van der Waals surface area contributed by atoms with Gasteiger partial charge in [-0.2, -0.15) is 0 Å². The largest absolute Gasteiger partial charge is 0.368 e. The highest BCUT2D eigenvalue weighted by atomic mass is 35.5. The van der Waals surface area contributed by atoms with E-state index >= 15 is 0 Å². The summed E-state index contributed by atoms with van der Waals surface area (Å²) in [4.78, 5) is 12.2. The van der Waals surface area contributed by atoms with Crippen LogP contribution in [0.1, 0.15) is 18.9 Å². The summed E-state index contributed by atoms with van der Waals surface area (Å²) >= 11 is 6.20. The van der Waals surface area contributed by atoms with E-state index in [0.29, 0.717) is 5.92 Å². The second kappa shape index (κ2) is 8.96. The Hall–Kier alpha value is -1.46. The van der Waals surface area contributed by atoms with Crippen LogP contribution in [0.25, 0.3) is 0 Å². The van der Waals surface area contributed by atoms with E-state index in [1.54, 1.807) is 0 Å². The fourth-order valence-electron chi connectivity index (χ4n) is 3.90. The molecule has 3 rings (SSSR count). The van der Waals surface area contributed by atoms with Gasteiger partial charge in [-0.1, -0.05) is 17.7 Å². The summed E-state index contributed by atoms with van der Waals surface area (Å²) in [5.74, 6) is 1.77. The van der Waals surface area contributed by atoms with Crippen molar-refractivity contribution in [2.45, 2.75) is 20.3 Å². The molecule has 2 heterocycles. The Morgan fingerprint density at radius 1 is 1.23 bits per heavy atom. The van der Waals surface area contributed by atoms with Gasteiger partial charge in [-0.3, -0.25) is 4.99 Å². The summed E-state index contributed by atoms with van der Waals surface area (Å²) in [6, 6.07) is 6.16. The van der Waals surface area contributed by atoms with Gasteiger partial charge in [-0.05, 0) is 57.5 Å². The van der Waals surface area contributed by atoms with E-state index in [9.17, 15) is 0 Å². The normalized spacial score (nSPS) is 22.2. The Kier molecular flexibility index (Phi) is 6.65. The summed E-state index contributed by atoms with van der Waals surface area (Å²) in [6.45, 7) is 12.5. The smallest absolute Gasteiger partial charge is 0.194 e. The average molecular weight is 378 g/mol. The molecule has 0 saturated carbocycles. The first-order valence-corrected chi connectivity index (χ1v) is 10.2. The molecule has 144 valence electrons. The first-order valence-electron chi connectivity index (χ1n) is 9.79. The highest BCUT2D eigenvalue weighted by Crippen LogP contribution is 2.25. The molecular weight excluding hydrogens is 346 g/mol. The lowest BCUT2D eigenvalue weighted by molar-refractivity contribution is 0.369. The number of rotatable bonds is 4. The number of aryl methyl sites for hydroxylation is 1. The molecule has 1 aromatic rings. The van der Waals surface area contributed by atoms with Gasteiger partial charge in [0, 0.05) is 56.5 Å². The molecule has 2 aliphatic rings. The number of hydrogen-bond donors (Lipinski definition) is 1. The van der Waals surface area contributed by atoms with Crippen molar-refractivity contribution in [2.24, 2.45) is 10.9 Å². The van der Waals surface area contributed by atoms with E-state index in [-0.39, 0.29) is 0 Å². The van der Waals surface area contributed by atoms with Crippen LogP contribution >= 0.6 is 11.6 Å². The Morgan fingerprint density at radius 3 is 2.65 bits per heavy atom. The van der Waals surface area contributed by atoms with Gasteiger partial charge in [0.15, 0.2) is 5.96 Å². The van der Waals surface area contributed by atoms with Gasteiger partial charge in [0.05, 0.1) is 0 Å². The Labute approximate surface area is 163 Å². The highest BCUT2D eigenvalue weighted by Gasteiger charge is 2.23. The molecule has 1 N–H and O–H groups in total. The van der Waals surface area contributed by atoms with Gasteiger partial charge in [-0.25, -0.2) is 0 Å². The molecule has 2 fully saturated rings. The fraction of sp³-hybridized carbons (Fsp3) is 0.650. The molecule has 5 nitrogen and oxygen atoms in total. The number of nitrogens with one attached hydrogen (secondary N) is 1. The predicted molar refractivity (Wildman–Crippen MR) is 112 cm³/mol. The Morgan fingerprint density at radius 2 is 2.00 bits per heavy atom. The number of benzene rings is 1. The lowest BCUT2D eigenvalue weighted by Gasteiger charge is -2.38. The molecular formula is C20H32ClN5. The van der Waals surface area contributed by atoms with Gasteiger partial charge >= 0.3 is 0 Å². The third-order valence-corrected chi connectivity index (χ3v) is 5.65. The SMILES string of the molecule is CCNC(=NCC1CCN(C)C1)N1CCN(c2cc(Cl)ccc2C)CC1. The zero-order valence-corrected chi connectivity index (χ0v) is 17.1. The van der Waals surface area contributed by atoms with Crippen molar-refractivity contribution in [1.82, 2.24) is 15.1 Å². The van der Waals surface area contributed by atoms with Crippen LogP contribution in [0.5, 0.6) is 0 Å². The molecule has 1 aromatic carbocycles. The first kappa shape index (κ1) is 19.3. The maximum atomic E-state index is 6.20. The third-order valence-electron chi connectivity index (χ3n) is 5.41. The molecule has 1 atom stereocenters. The van der Waals surface area contributed by atoms with Gasteiger partial charge in [-0.15, -0.1) is 0 Å². The number of hydrogen-bond acceptors (Lipinski definition) is 3. The molecule has 0 aliphatic carbocycles. The Balaban J connectivity index is 1.59. The van der Waals surface area contributed by atoms with E-state index in [1.165, 1.54) is 30.8 Å². The molecule has 26 heavy (non-hydrogen) atoms. The van der Waals surface area contributed by atoms with Gasteiger partial charge in [0.1, 0.15) is 0 Å². The minimum Gasteiger partial charge on any atom is -0.368 e. The van der Waals surface area contributed by atoms with Crippen molar-refractivity contribution >= 4 is 23.2 Å². The van der Waals surface area contributed by atoms with Crippen LogP contribution in [0.2, 0.25) is 5.02 Å². The zero-order chi connectivity index (χ0) is 18.5. The molecule has 6 heteroatoms. The highest BCUT2D eigenvalue weighted by molar-refractivity contribution is 6.30. The number of guanidine groups is 1. The number of nitrogens with zero attached hydrogens (tertiary/aromatic N) is 4. The minimum absolute atomic E-state index is 0.698. The third kappa shape index (κ3) is 4.83. The average Bonchev–Trinajstić information content (AvgIpc) is 3.06. The number of halogens is 1. The van der Waals surface area contributed by atoms with Crippen LogP contribution in [0.4, 0.5) is 5.69 Å². The van der Waals surface area contributed by atoms with Crippen molar-refractivity contribution in [2.75, 3.05) is 64.3 Å². The van der Waals surface area contributed by atoms with Crippen LogP contribution in [0, 0.1) is 12.8 Å². The molecule has 0 amide bonds. The molecule has 2 saturated heterocycles. The predicted octanol–water partition coefficient (Wildman–Crippen LogP) is 2.69. The molecule has 2 aliphatic heterocycles. The molecule has 0 bridgehead atoms. The Bertz CT molecular complexity index is 625. The van der Waals surface area contributed by atoms with Crippen molar-refractivity contribution in [1.29, 1.82) is 0 Å². The van der Waals surface area contributed by atoms with E-state index in [0.717, 1.165) is 50.3 Å². The minimum atomic E-state index is 0.698. The number of aliphatic imine (C=N–C) groups is 1. The monoisotopic (exact) mass is 377 g/mol. The zero-order valence-electron chi connectivity index (χ0n) is 16.3. The summed E-state index contributed by atoms with van der Waals surface area (Å²) < 4.78 is 0. The van der Waals surface area contributed by atoms with Crippen molar-refractivity contribution in [3.05, 3.63) is 28.8 Å². The molecule has 0 radical (unpaired) electrons. The van der Waals surface area contributed by atoms with Gasteiger partial charge in [0.2, 0.25) is 0 Å². The standard InChI is InChI=1S/C20H32ClN5/c1-4-22-20(23-14-17-7-8-24(3)15-17)26-11-9-25(10-12-26)19-13-18(21)6-5-16(19)2/h5-6,13,17H,4,7-12,14-15H2,1-3H3,(H,22,23). The second-order valence-corrected chi connectivity index (χ2v) is 7.95. The number of likely N-dealkylation sites (tertiary alicyclic amines) is 1. The summed E-state index contributed by atoms with van der Waals surface area (Å²) in [5, 5.41) is 4.29. The molecule has 0 aromatic heterocycles. The summed E-state index contributed by atoms with van der Waals surface area (Å²) in [5.41, 5.74) is 2.54. The van der Waals surface area contributed by atoms with Crippen LogP contribution < -0.4 is 10.2 Å². The lowest BCUT2D eigenvalue weighted by Crippen LogP contribution is -2.52. The quantitative estimate of drug-likeness (QED) is 0.646. The van der Waals surface area contributed by atoms with Gasteiger partial charge < -0.3 is 20.0 Å².